The third-order valence-electron chi connectivity index (χ3n) is 3.79. The Bertz CT molecular complexity index is 1110. The fourth-order valence-electron chi connectivity index (χ4n) is 2.56. The minimum absolute atomic E-state index is 0.0189. The summed E-state index contributed by atoms with van der Waals surface area (Å²) in [6, 6.07) is 9.29. The average molecular weight is 390 g/mol. The number of carboxylic acids is 1. The first-order valence-corrected chi connectivity index (χ1v) is 8.11. The molecule has 0 radical (unpaired) electrons. The molecule has 0 saturated heterocycles. The van der Waals surface area contributed by atoms with Crippen LogP contribution in [-0.2, 0) is 6.54 Å². The molecule has 4 N–H and O–H groups in total. The van der Waals surface area contributed by atoms with Gasteiger partial charge in [-0.3, -0.25) is 4.79 Å². The van der Waals surface area contributed by atoms with Gasteiger partial charge in [-0.05, 0) is 35.9 Å². The van der Waals surface area contributed by atoms with Crippen LogP contribution in [0.1, 0.15) is 15.9 Å². The van der Waals surface area contributed by atoms with Crippen LogP contribution in [-0.4, -0.2) is 22.1 Å². The molecule has 27 heavy (non-hydrogen) atoms. The van der Waals surface area contributed by atoms with Crippen molar-refractivity contribution in [3.05, 3.63) is 74.8 Å². The molecule has 2 amide bonds. The van der Waals surface area contributed by atoms with Crippen LogP contribution in [0.25, 0.3) is 10.9 Å². The zero-order valence-electron chi connectivity index (χ0n) is 13.7. The number of benzene rings is 2. The molecule has 0 aliphatic rings. The fraction of sp³-hybridized carbons (Fsp3) is 0.0556. The van der Waals surface area contributed by atoms with E-state index in [-0.39, 0.29) is 12.2 Å². The fourth-order valence-corrected chi connectivity index (χ4v) is 2.81. The number of fused-ring (bicyclic) bond motifs is 1. The summed E-state index contributed by atoms with van der Waals surface area (Å²) in [5.41, 5.74) is -0.350. The van der Waals surface area contributed by atoms with Crippen LogP contribution in [0, 0.1) is 5.82 Å². The van der Waals surface area contributed by atoms with Crippen LogP contribution in [0.5, 0.6) is 0 Å². The predicted octanol–water partition coefficient (Wildman–Crippen LogP) is 3.34. The summed E-state index contributed by atoms with van der Waals surface area (Å²) in [5.74, 6) is -1.94. The summed E-state index contributed by atoms with van der Waals surface area (Å²) in [5, 5.41) is 14.7. The predicted molar refractivity (Wildman–Crippen MR) is 98.8 cm³/mol. The molecule has 0 fully saturated rings. The summed E-state index contributed by atoms with van der Waals surface area (Å²) >= 11 is 6.04. The molecule has 0 spiro atoms. The van der Waals surface area contributed by atoms with E-state index < -0.39 is 28.9 Å². The van der Waals surface area contributed by atoms with Gasteiger partial charge in [0, 0.05) is 17.0 Å². The van der Waals surface area contributed by atoms with Gasteiger partial charge in [0.25, 0.3) is 5.56 Å². The Morgan fingerprint density at radius 1 is 1.19 bits per heavy atom. The van der Waals surface area contributed by atoms with Gasteiger partial charge in [-0.25, -0.2) is 14.0 Å². The van der Waals surface area contributed by atoms with Crippen molar-refractivity contribution < 1.29 is 19.1 Å². The highest BCUT2D eigenvalue weighted by Gasteiger charge is 2.13. The summed E-state index contributed by atoms with van der Waals surface area (Å²) in [6.45, 7) is -0.0281. The Labute approximate surface area is 156 Å². The topological polar surface area (TPSA) is 111 Å². The lowest BCUT2D eigenvalue weighted by Crippen LogP contribution is -2.29. The number of H-pyrrole nitrogens is 1. The number of aromatic amines is 1. The number of hydrogen-bond donors (Lipinski definition) is 4. The number of carbonyl (C=O) groups is 2. The van der Waals surface area contributed by atoms with Crippen molar-refractivity contribution in [1.29, 1.82) is 0 Å². The Balaban J connectivity index is 1.85. The molecule has 0 atom stereocenters. The van der Waals surface area contributed by atoms with E-state index in [0.717, 1.165) is 0 Å². The number of aromatic nitrogens is 1. The van der Waals surface area contributed by atoms with Gasteiger partial charge in [-0.1, -0.05) is 23.7 Å². The van der Waals surface area contributed by atoms with Crippen molar-refractivity contribution in [1.82, 2.24) is 10.3 Å². The van der Waals surface area contributed by atoms with E-state index in [4.69, 9.17) is 16.7 Å². The Morgan fingerprint density at radius 2 is 1.93 bits per heavy atom. The van der Waals surface area contributed by atoms with E-state index in [9.17, 15) is 18.8 Å². The van der Waals surface area contributed by atoms with Gasteiger partial charge in [0.05, 0.1) is 11.2 Å². The standard InChI is InChI=1S/C18H13ClFN3O4/c19-11-5-9-7-12(17(25)26)16(24)23-15(9)10(6-11)8-21-18(27)22-14-4-2-1-3-13(14)20/h1-7H,8H2,(H,23,24)(H,25,26)(H2,21,22,27). The van der Waals surface area contributed by atoms with Gasteiger partial charge >= 0.3 is 12.0 Å². The number of para-hydroxylation sites is 1. The summed E-state index contributed by atoms with van der Waals surface area (Å²) in [4.78, 5) is 37.5. The smallest absolute Gasteiger partial charge is 0.341 e. The lowest BCUT2D eigenvalue weighted by molar-refractivity contribution is 0.0695. The van der Waals surface area contributed by atoms with E-state index in [1.165, 1.54) is 36.4 Å². The van der Waals surface area contributed by atoms with E-state index in [0.29, 0.717) is 21.5 Å². The molecule has 0 unspecified atom stereocenters. The number of halogens is 2. The number of anilines is 1. The van der Waals surface area contributed by atoms with Gasteiger partial charge in [0.15, 0.2) is 0 Å². The summed E-state index contributed by atoms with van der Waals surface area (Å²) in [6.07, 6.45) is 0. The summed E-state index contributed by atoms with van der Waals surface area (Å²) in [7, 11) is 0. The molecule has 0 aliphatic carbocycles. The number of nitrogens with one attached hydrogen (secondary N) is 3. The van der Waals surface area contributed by atoms with Crippen molar-refractivity contribution in [3.8, 4) is 0 Å². The van der Waals surface area contributed by atoms with Gasteiger partial charge < -0.3 is 20.7 Å². The van der Waals surface area contributed by atoms with Crippen molar-refractivity contribution in [2.75, 3.05) is 5.32 Å². The monoisotopic (exact) mass is 389 g/mol. The number of pyridine rings is 1. The van der Waals surface area contributed by atoms with Crippen molar-refractivity contribution in [3.63, 3.8) is 0 Å². The van der Waals surface area contributed by atoms with Gasteiger partial charge in [-0.15, -0.1) is 0 Å². The highest BCUT2D eigenvalue weighted by atomic mass is 35.5. The molecule has 1 heterocycles. The molecule has 1 aromatic heterocycles. The van der Waals surface area contributed by atoms with Crippen LogP contribution < -0.4 is 16.2 Å². The molecule has 2 aromatic carbocycles. The van der Waals surface area contributed by atoms with Crippen molar-refractivity contribution in [2.24, 2.45) is 0 Å². The van der Waals surface area contributed by atoms with E-state index in [2.05, 4.69) is 15.6 Å². The second kappa shape index (κ2) is 7.46. The minimum atomic E-state index is -1.36. The number of urea groups is 1. The molecule has 0 saturated carbocycles. The molecule has 0 aliphatic heterocycles. The molecule has 138 valence electrons. The van der Waals surface area contributed by atoms with Crippen molar-refractivity contribution >= 4 is 40.2 Å². The molecule has 3 rings (SSSR count). The maximum absolute atomic E-state index is 13.6. The number of aromatic carboxylic acids is 1. The number of carbonyl (C=O) groups excluding carboxylic acids is 1. The van der Waals surface area contributed by atoms with Gasteiger partial charge in [0.2, 0.25) is 0 Å². The SMILES string of the molecule is O=C(NCc1cc(Cl)cc2cc(C(=O)O)c(=O)[nH]c12)Nc1ccccc1F. The highest BCUT2D eigenvalue weighted by Crippen LogP contribution is 2.22. The summed E-state index contributed by atoms with van der Waals surface area (Å²) < 4.78 is 13.6. The molecule has 9 heteroatoms. The maximum atomic E-state index is 13.6. The number of amides is 2. The Kier molecular flexibility index (Phi) is 5.09. The molecular weight excluding hydrogens is 377 g/mol. The first-order valence-electron chi connectivity index (χ1n) is 7.73. The number of hydrogen-bond acceptors (Lipinski definition) is 3. The second-order valence-electron chi connectivity index (χ2n) is 5.63. The zero-order valence-corrected chi connectivity index (χ0v) is 14.4. The molecule has 3 aromatic rings. The third kappa shape index (κ3) is 4.06. The first-order chi connectivity index (χ1) is 12.8. The lowest BCUT2D eigenvalue weighted by atomic mass is 10.1. The normalized spacial score (nSPS) is 10.6. The van der Waals surface area contributed by atoms with Crippen LogP contribution >= 0.6 is 11.6 Å². The largest absolute Gasteiger partial charge is 0.477 e. The van der Waals surface area contributed by atoms with Crippen LogP contribution in [0.4, 0.5) is 14.9 Å². The maximum Gasteiger partial charge on any atom is 0.341 e. The van der Waals surface area contributed by atoms with Crippen LogP contribution in [0.3, 0.4) is 0 Å². The molecular formula is C18H13ClFN3O4. The first kappa shape index (κ1) is 18.4. The van der Waals surface area contributed by atoms with Crippen LogP contribution in [0.15, 0.2) is 47.3 Å². The van der Waals surface area contributed by atoms with E-state index in [1.807, 2.05) is 0 Å². The molecule has 0 bridgehead atoms. The average Bonchev–Trinajstić information content (AvgIpc) is 2.61. The Hall–Kier alpha value is -3.39. The van der Waals surface area contributed by atoms with E-state index >= 15 is 0 Å². The van der Waals surface area contributed by atoms with Gasteiger partial charge in [0.1, 0.15) is 11.4 Å². The lowest BCUT2D eigenvalue weighted by Gasteiger charge is -2.11. The third-order valence-corrected chi connectivity index (χ3v) is 4.01. The number of rotatable bonds is 4. The number of carboxylic acid groups (broad SMARTS) is 1. The Morgan fingerprint density at radius 3 is 2.63 bits per heavy atom. The van der Waals surface area contributed by atoms with Crippen LogP contribution in [0.2, 0.25) is 5.02 Å². The van der Waals surface area contributed by atoms with E-state index in [1.54, 1.807) is 6.07 Å². The highest BCUT2D eigenvalue weighted by molar-refractivity contribution is 6.31. The van der Waals surface area contributed by atoms with Crippen molar-refractivity contribution in [2.45, 2.75) is 6.54 Å². The minimum Gasteiger partial charge on any atom is -0.477 e. The molecule has 7 nitrogen and oxygen atoms in total. The zero-order chi connectivity index (χ0) is 19.6. The quantitative estimate of drug-likeness (QED) is 0.548. The second-order valence-corrected chi connectivity index (χ2v) is 6.07. The van der Waals surface area contributed by atoms with Gasteiger partial charge in [-0.2, -0.15) is 0 Å².